The third kappa shape index (κ3) is 4.59. The summed E-state index contributed by atoms with van der Waals surface area (Å²) in [5.74, 6) is 0. The summed E-state index contributed by atoms with van der Waals surface area (Å²) >= 11 is 0. The van der Waals surface area contributed by atoms with Gasteiger partial charge in [-0.1, -0.05) is 84.9 Å². The van der Waals surface area contributed by atoms with Crippen LogP contribution < -0.4 is 0 Å². The van der Waals surface area contributed by atoms with Crippen molar-refractivity contribution in [2.75, 3.05) is 13.1 Å². The van der Waals surface area contributed by atoms with E-state index in [0.717, 1.165) is 31.5 Å². The monoisotopic (exact) mass is 379 g/mol. The molecule has 0 aliphatic carbocycles. The maximum absolute atomic E-state index is 11.4. The van der Waals surface area contributed by atoms with E-state index in [0.29, 0.717) is 6.54 Å². The van der Waals surface area contributed by atoms with Gasteiger partial charge in [-0.15, -0.1) is 12.4 Å². The minimum absolute atomic E-state index is 0. The van der Waals surface area contributed by atoms with Gasteiger partial charge in [-0.25, -0.2) is 0 Å². The third-order valence-corrected chi connectivity index (χ3v) is 5.33. The average molecular weight is 380 g/mol. The highest BCUT2D eigenvalue weighted by atomic mass is 35.5. The van der Waals surface area contributed by atoms with Gasteiger partial charge in [0.1, 0.15) is 5.60 Å². The van der Waals surface area contributed by atoms with Crippen molar-refractivity contribution in [2.45, 2.75) is 25.0 Å². The SMILES string of the molecule is Cl.OC1(c2ccccc2Cc2ccccc2)CCN(Cc2ccccc2)C1. The van der Waals surface area contributed by atoms with E-state index in [2.05, 4.69) is 71.6 Å². The maximum atomic E-state index is 11.4. The van der Waals surface area contributed by atoms with Crippen LogP contribution >= 0.6 is 12.4 Å². The van der Waals surface area contributed by atoms with Gasteiger partial charge < -0.3 is 5.11 Å². The molecule has 1 aliphatic rings. The van der Waals surface area contributed by atoms with E-state index in [9.17, 15) is 5.11 Å². The number of nitrogens with zero attached hydrogens (tertiary/aromatic N) is 1. The van der Waals surface area contributed by atoms with E-state index in [1.165, 1.54) is 16.7 Å². The molecule has 2 nitrogen and oxygen atoms in total. The molecule has 0 bridgehead atoms. The number of β-amino-alcohol motifs (C(OH)–C–C–N with tert-alkyl or cyclic N) is 1. The van der Waals surface area contributed by atoms with E-state index in [4.69, 9.17) is 0 Å². The number of aliphatic hydroxyl groups is 1. The Morgan fingerprint density at radius 2 is 1.37 bits per heavy atom. The molecule has 0 amide bonds. The fraction of sp³-hybridized carbons (Fsp3) is 0.250. The quantitative estimate of drug-likeness (QED) is 0.688. The molecule has 3 aromatic rings. The van der Waals surface area contributed by atoms with Crippen LogP contribution in [0.15, 0.2) is 84.9 Å². The number of likely N-dealkylation sites (tertiary alicyclic amines) is 1. The Bertz CT molecular complexity index is 853. The molecule has 1 aliphatic heterocycles. The summed E-state index contributed by atoms with van der Waals surface area (Å²) in [4.78, 5) is 2.36. The standard InChI is InChI=1S/C24H25NO.ClH/c26-24(15-16-25(19-24)18-21-11-5-2-6-12-21)23-14-8-7-13-22(23)17-20-9-3-1-4-10-20;/h1-14,26H,15-19H2;1H. The van der Waals surface area contributed by atoms with Crippen LogP contribution in [0.2, 0.25) is 0 Å². The summed E-state index contributed by atoms with van der Waals surface area (Å²) in [7, 11) is 0. The van der Waals surface area contributed by atoms with Crippen molar-refractivity contribution in [1.82, 2.24) is 4.90 Å². The first kappa shape index (κ1) is 19.6. The van der Waals surface area contributed by atoms with Gasteiger partial charge in [0.05, 0.1) is 0 Å². The molecule has 3 aromatic carbocycles. The van der Waals surface area contributed by atoms with Crippen LogP contribution in [0.3, 0.4) is 0 Å². The lowest BCUT2D eigenvalue weighted by Crippen LogP contribution is -2.31. The van der Waals surface area contributed by atoms with Crippen molar-refractivity contribution in [1.29, 1.82) is 0 Å². The number of hydrogen-bond acceptors (Lipinski definition) is 2. The Labute approximate surface area is 167 Å². The normalized spacial score (nSPS) is 19.6. The zero-order valence-corrected chi connectivity index (χ0v) is 16.2. The molecule has 3 heteroatoms. The van der Waals surface area contributed by atoms with Gasteiger partial charge in [0, 0.05) is 19.6 Å². The van der Waals surface area contributed by atoms with Crippen LogP contribution in [0.4, 0.5) is 0 Å². The van der Waals surface area contributed by atoms with Crippen molar-refractivity contribution in [3.63, 3.8) is 0 Å². The second-order valence-corrected chi connectivity index (χ2v) is 7.30. The van der Waals surface area contributed by atoms with Gasteiger partial charge in [-0.2, -0.15) is 0 Å². The summed E-state index contributed by atoms with van der Waals surface area (Å²) < 4.78 is 0. The number of hydrogen-bond donors (Lipinski definition) is 1. The smallest absolute Gasteiger partial charge is 0.104 e. The van der Waals surface area contributed by atoms with E-state index in [1.807, 2.05) is 18.2 Å². The molecule has 0 spiro atoms. The predicted molar refractivity (Wildman–Crippen MR) is 113 cm³/mol. The lowest BCUT2D eigenvalue weighted by molar-refractivity contribution is 0.0445. The van der Waals surface area contributed by atoms with Gasteiger partial charge in [0.25, 0.3) is 0 Å². The average Bonchev–Trinajstić information content (AvgIpc) is 3.05. The molecular weight excluding hydrogens is 354 g/mol. The molecule has 0 saturated carbocycles. The highest BCUT2D eigenvalue weighted by Gasteiger charge is 2.38. The van der Waals surface area contributed by atoms with Crippen molar-refractivity contribution in [3.05, 3.63) is 107 Å². The summed E-state index contributed by atoms with van der Waals surface area (Å²) in [5, 5.41) is 11.4. The number of halogens is 1. The minimum Gasteiger partial charge on any atom is -0.384 e. The van der Waals surface area contributed by atoms with Gasteiger partial charge >= 0.3 is 0 Å². The summed E-state index contributed by atoms with van der Waals surface area (Å²) in [6.07, 6.45) is 1.64. The van der Waals surface area contributed by atoms with E-state index < -0.39 is 5.60 Å². The molecule has 0 radical (unpaired) electrons. The van der Waals surface area contributed by atoms with E-state index in [1.54, 1.807) is 0 Å². The van der Waals surface area contributed by atoms with Crippen molar-refractivity contribution >= 4 is 12.4 Å². The molecule has 1 fully saturated rings. The molecule has 1 heterocycles. The molecule has 1 saturated heterocycles. The summed E-state index contributed by atoms with van der Waals surface area (Å²) in [6.45, 7) is 2.50. The van der Waals surface area contributed by atoms with Crippen LogP contribution in [-0.4, -0.2) is 23.1 Å². The largest absolute Gasteiger partial charge is 0.384 e. The first-order valence-electron chi connectivity index (χ1n) is 9.34. The van der Waals surface area contributed by atoms with E-state index in [-0.39, 0.29) is 12.4 Å². The van der Waals surface area contributed by atoms with Gasteiger partial charge in [0.15, 0.2) is 0 Å². The van der Waals surface area contributed by atoms with Crippen LogP contribution in [0.1, 0.15) is 28.7 Å². The Hall–Kier alpha value is -2.13. The highest BCUT2D eigenvalue weighted by molar-refractivity contribution is 5.85. The molecule has 1 unspecified atom stereocenters. The Kier molecular flexibility index (Phi) is 6.33. The molecule has 4 rings (SSSR count). The van der Waals surface area contributed by atoms with Gasteiger partial charge in [0.2, 0.25) is 0 Å². The number of rotatable bonds is 5. The highest BCUT2D eigenvalue weighted by Crippen LogP contribution is 2.35. The molecule has 1 N–H and O–H groups in total. The maximum Gasteiger partial charge on any atom is 0.104 e. The zero-order chi connectivity index (χ0) is 17.8. The second-order valence-electron chi connectivity index (χ2n) is 7.30. The summed E-state index contributed by atoms with van der Waals surface area (Å²) in [6, 6.07) is 29.4. The van der Waals surface area contributed by atoms with Crippen molar-refractivity contribution < 1.29 is 5.11 Å². The fourth-order valence-corrected chi connectivity index (χ4v) is 4.01. The van der Waals surface area contributed by atoms with Crippen LogP contribution in [-0.2, 0) is 18.6 Å². The van der Waals surface area contributed by atoms with Crippen LogP contribution in [0.25, 0.3) is 0 Å². The van der Waals surface area contributed by atoms with Crippen LogP contribution in [0.5, 0.6) is 0 Å². The Balaban J connectivity index is 0.00000210. The Morgan fingerprint density at radius 1 is 0.778 bits per heavy atom. The summed E-state index contributed by atoms with van der Waals surface area (Å²) in [5.41, 5.74) is 4.12. The zero-order valence-electron chi connectivity index (χ0n) is 15.4. The van der Waals surface area contributed by atoms with Gasteiger partial charge in [-0.3, -0.25) is 4.90 Å². The first-order chi connectivity index (χ1) is 12.7. The van der Waals surface area contributed by atoms with Crippen molar-refractivity contribution in [3.8, 4) is 0 Å². The molecule has 1 atom stereocenters. The predicted octanol–water partition coefficient (Wildman–Crippen LogP) is 4.79. The van der Waals surface area contributed by atoms with Crippen LogP contribution in [0, 0.1) is 0 Å². The van der Waals surface area contributed by atoms with E-state index >= 15 is 0 Å². The second kappa shape index (κ2) is 8.71. The molecular formula is C24H26ClNO. The minimum atomic E-state index is -0.764. The molecule has 27 heavy (non-hydrogen) atoms. The van der Waals surface area contributed by atoms with Crippen molar-refractivity contribution in [2.24, 2.45) is 0 Å². The molecule has 140 valence electrons. The first-order valence-corrected chi connectivity index (χ1v) is 9.34. The fourth-order valence-electron chi connectivity index (χ4n) is 4.01. The Morgan fingerprint density at radius 3 is 2.07 bits per heavy atom. The third-order valence-electron chi connectivity index (χ3n) is 5.33. The lowest BCUT2D eigenvalue weighted by Gasteiger charge is -2.27. The number of benzene rings is 3. The topological polar surface area (TPSA) is 23.5 Å². The lowest BCUT2D eigenvalue weighted by atomic mass is 9.87. The molecule has 0 aromatic heterocycles. The van der Waals surface area contributed by atoms with Gasteiger partial charge in [-0.05, 0) is 35.1 Å².